The van der Waals surface area contributed by atoms with E-state index < -0.39 is 0 Å². The van der Waals surface area contributed by atoms with Crippen molar-refractivity contribution in [1.29, 1.82) is 0 Å². The molecule has 1 aliphatic carbocycles. The smallest absolute Gasteiger partial charge is 0.227 e. The fourth-order valence-corrected chi connectivity index (χ4v) is 1.86. The molecule has 5 heteroatoms. The number of anilines is 2. The second-order valence-corrected chi connectivity index (χ2v) is 4.71. The summed E-state index contributed by atoms with van der Waals surface area (Å²) in [5, 5.41) is 2.90. The minimum atomic E-state index is 0.0580. The predicted octanol–water partition coefficient (Wildman–Crippen LogP) is 0.823. The van der Waals surface area contributed by atoms with Crippen molar-refractivity contribution in [3.8, 4) is 0 Å². The highest BCUT2D eigenvalue weighted by Crippen LogP contribution is 2.27. The maximum Gasteiger partial charge on any atom is 0.227 e. The zero-order valence-electron chi connectivity index (χ0n) is 10.2. The van der Waals surface area contributed by atoms with Crippen molar-refractivity contribution in [2.45, 2.75) is 18.9 Å². The van der Waals surface area contributed by atoms with Crippen LogP contribution in [0.3, 0.4) is 0 Å². The van der Waals surface area contributed by atoms with Crippen molar-refractivity contribution < 1.29 is 4.79 Å². The summed E-state index contributed by atoms with van der Waals surface area (Å²) in [6.07, 6.45) is 3.27. The minimum absolute atomic E-state index is 0.0580. The van der Waals surface area contributed by atoms with Crippen molar-refractivity contribution in [2.75, 3.05) is 24.3 Å². The lowest BCUT2D eigenvalue weighted by molar-refractivity contribution is -0.122. The number of carbonyl (C=O) groups is 1. The number of hydrogen-bond acceptors (Lipinski definition) is 4. The van der Waals surface area contributed by atoms with E-state index in [9.17, 15) is 4.79 Å². The van der Waals surface area contributed by atoms with E-state index in [-0.39, 0.29) is 17.9 Å². The monoisotopic (exact) mass is 234 g/mol. The molecule has 0 aromatic carbocycles. The number of pyridine rings is 1. The molecule has 1 fully saturated rings. The minimum Gasteiger partial charge on any atom is -0.363 e. The lowest BCUT2D eigenvalue weighted by Gasteiger charge is -2.31. The first-order valence-corrected chi connectivity index (χ1v) is 5.76. The first-order valence-electron chi connectivity index (χ1n) is 5.76. The molecule has 92 valence electrons. The van der Waals surface area contributed by atoms with Gasteiger partial charge in [0.25, 0.3) is 0 Å². The van der Waals surface area contributed by atoms with Crippen LogP contribution >= 0.6 is 0 Å². The lowest BCUT2D eigenvalue weighted by atomic mass is 9.80. The molecule has 3 N–H and O–H groups in total. The van der Waals surface area contributed by atoms with Crippen LogP contribution in [-0.4, -0.2) is 31.0 Å². The molecule has 1 aromatic heterocycles. The van der Waals surface area contributed by atoms with Gasteiger partial charge in [-0.1, -0.05) is 0 Å². The second kappa shape index (κ2) is 4.71. The summed E-state index contributed by atoms with van der Waals surface area (Å²) in [7, 11) is 3.83. The molecule has 1 aliphatic rings. The largest absolute Gasteiger partial charge is 0.363 e. The number of aromatic nitrogens is 1. The van der Waals surface area contributed by atoms with E-state index in [0.29, 0.717) is 0 Å². The third kappa shape index (κ3) is 2.74. The van der Waals surface area contributed by atoms with Gasteiger partial charge in [0.2, 0.25) is 5.91 Å². The molecule has 2 rings (SSSR count). The van der Waals surface area contributed by atoms with Crippen LogP contribution in [0.1, 0.15) is 12.8 Å². The van der Waals surface area contributed by atoms with Gasteiger partial charge in [0.05, 0.1) is 0 Å². The molecule has 1 saturated carbocycles. The molecule has 0 aliphatic heterocycles. The highest BCUT2D eigenvalue weighted by atomic mass is 16.1. The quantitative estimate of drug-likeness (QED) is 0.812. The van der Waals surface area contributed by atoms with Crippen LogP contribution in [0.15, 0.2) is 18.3 Å². The van der Waals surface area contributed by atoms with Gasteiger partial charge in [0.15, 0.2) is 0 Å². The van der Waals surface area contributed by atoms with Crippen LogP contribution < -0.4 is 16.0 Å². The van der Waals surface area contributed by atoms with E-state index in [4.69, 9.17) is 5.73 Å². The number of nitrogens with two attached hydrogens (primary N) is 1. The molecular weight excluding hydrogens is 216 g/mol. The maximum atomic E-state index is 11.8. The zero-order chi connectivity index (χ0) is 12.4. The molecule has 1 aromatic rings. The Kier molecular flexibility index (Phi) is 3.28. The Bertz CT molecular complexity index is 413. The maximum absolute atomic E-state index is 11.8. The third-order valence-corrected chi connectivity index (χ3v) is 3.02. The van der Waals surface area contributed by atoms with Crippen molar-refractivity contribution >= 4 is 17.4 Å². The number of amides is 1. The Morgan fingerprint density at radius 2 is 2.24 bits per heavy atom. The molecule has 0 saturated heterocycles. The Hall–Kier alpha value is -1.62. The van der Waals surface area contributed by atoms with Crippen LogP contribution in [0.5, 0.6) is 0 Å². The second-order valence-electron chi connectivity index (χ2n) is 4.71. The van der Waals surface area contributed by atoms with E-state index in [1.807, 2.05) is 25.1 Å². The molecule has 0 bridgehead atoms. The Morgan fingerprint density at radius 1 is 1.53 bits per heavy atom. The van der Waals surface area contributed by atoms with Crippen LogP contribution in [0.2, 0.25) is 0 Å². The predicted molar refractivity (Wildman–Crippen MR) is 67.9 cm³/mol. The lowest BCUT2D eigenvalue weighted by Crippen LogP contribution is -2.42. The van der Waals surface area contributed by atoms with E-state index in [0.717, 1.165) is 24.3 Å². The number of rotatable bonds is 3. The van der Waals surface area contributed by atoms with Gasteiger partial charge in [0, 0.05) is 44.0 Å². The average Bonchev–Trinajstić information content (AvgIpc) is 2.25. The van der Waals surface area contributed by atoms with Crippen molar-refractivity contribution in [3.05, 3.63) is 18.3 Å². The van der Waals surface area contributed by atoms with Crippen LogP contribution in [0.4, 0.5) is 11.5 Å². The summed E-state index contributed by atoms with van der Waals surface area (Å²) in [5.74, 6) is 0.955. The number of hydrogen-bond donors (Lipinski definition) is 2. The molecule has 1 amide bonds. The summed E-state index contributed by atoms with van der Waals surface area (Å²) in [6.45, 7) is 0. The molecule has 0 unspecified atom stereocenters. The summed E-state index contributed by atoms with van der Waals surface area (Å²) >= 11 is 0. The normalized spacial score (nSPS) is 22.8. The van der Waals surface area contributed by atoms with Crippen LogP contribution in [0, 0.1) is 5.92 Å². The van der Waals surface area contributed by atoms with Gasteiger partial charge in [0.1, 0.15) is 5.82 Å². The fourth-order valence-electron chi connectivity index (χ4n) is 1.86. The van der Waals surface area contributed by atoms with Gasteiger partial charge < -0.3 is 16.0 Å². The van der Waals surface area contributed by atoms with E-state index >= 15 is 0 Å². The Balaban J connectivity index is 1.98. The van der Waals surface area contributed by atoms with Crippen molar-refractivity contribution in [3.63, 3.8) is 0 Å². The fraction of sp³-hybridized carbons (Fsp3) is 0.500. The number of nitrogens with zero attached hydrogens (tertiary/aromatic N) is 2. The third-order valence-electron chi connectivity index (χ3n) is 3.02. The van der Waals surface area contributed by atoms with E-state index in [2.05, 4.69) is 10.3 Å². The van der Waals surface area contributed by atoms with Gasteiger partial charge in [-0.3, -0.25) is 4.79 Å². The summed E-state index contributed by atoms with van der Waals surface area (Å²) in [6, 6.07) is 3.85. The first kappa shape index (κ1) is 11.9. The Labute approximate surface area is 101 Å². The summed E-state index contributed by atoms with van der Waals surface area (Å²) in [5.41, 5.74) is 6.45. The standard InChI is InChI=1S/C12H18N4O/c1-16(2)11-7-10(3-4-14-11)15-12(17)8-5-9(13)6-8/h3-4,7-9H,5-6,13H2,1-2H3,(H,14,15,17). The van der Waals surface area contributed by atoms with Gasteiger partial charge in [-0.25, -0.2) is 4.98 Å². The molecule has 1 heterocycles. The molecule has 0 radical (unpaired) electrons. The van der Waals surface area contributed by atoms with Crippen LogP contribution in [0.25, 0.3) is 0 Å². The summed E-state index contributed by atoms with van der Waals surface area (Å²) in [4.78, 5) is 17.9. The molecular formula is C12H18N4O. The number of carbonyl (C=O) groups excluding carboxylic acids is 1. The van der Waals surface area contributed by atoms with Crippen LogP contribution in [-0.2, 0) is 4.79 Å². The van der Waals surface area contributed by atoms with Crippen molar-refractivity contribution in [1.82, 2.24) is 4.98 Å². The van der Waals surface area contributed by atoms with E-state index in [1.165, 1.54) is 0 Å². The molecule has 5 nitrogen and oxygen atoms in total. The first-order chi connectivity index (χ1) is 8.06. The molecule has 0 atom stereocenters. The SMILES string of the molecule is CN(C)c1cc(NC(=O)C2CC(N)C2)ccn1. The summed E-state index contributed by atoms with van der Waals surface area (Å²) < 4.78 is 0. The highest BCUT2D eigenvalue weighted by molar-refractivity contribution is 5.93. The molecule has 17 heavy (non-hydrogen) atoms. The topological polar surface area (TPSA) is 71.2 Å². The van der Waals surface area contributed by atoms with Crippen molar-refractivity contribution in [2.24, 2.45) is 11.7 Å². The van der Waals surface area contributed by atoms with Gasteiger partial charge in [-0.2, -0.15) is 0 Å². The van der Waals surface area contributed by atoms with E-state index in [1.54, 1.807) is 12.3 Å². The van der Waals surface area contributed by atoms with Gasteiger partial charge >= 0.3 is 0 Å². The Morgan fingerprint density at radius 3 is 2.82 bits per heavy atom. The zero-order valence-corrected chi connectivity index (χ0v) is 10.2. The highest BCUT2D eigenvalue weighted by Gasteiger charge is 2.31. The van der Waals surface area contributed by atoms with Gasteiger partial charge in [-0.05, 0) is 18.9 Å². The number of nitrogens with one attached hydrogen (secondary N) is 1. The molecule has 0 spiro atoms. The van der Waals surface area contributed by atoms with Gasteiger partial charge in [-0.15, -0.1) is 0 Å². The average molecular weight is 234 g/mol.